The first-order valence-corrected chi connectivity index (χ1v) is 4.82. The number of amides is 1. The SMILES string of the molecule is CCOCCC(=O)N[C@@H](CCO)C(=O)O. The normalized spacial score (nSPS) is 12.1. The first-order chi connectivity index (χ1) is 7.11. The molecule has 0 saturated carbocycles. The number of carbonyl (C=O) groups is 2. The minimum Gasteiger partial charge on any atom is -0.480 e. The number of carboxylic acid groups (broad SMARTS) is 1. The molecule has 1 amide bonds. The number of aliphatic hydroxyl groups is 1. The highest BCUT2D eigenvalue weighted by Gasteiger charge is 2.18. The molecule has 0 fully saturated rings. The monoisotopic (exact) mass is 219 g/mol. The molecule has 0 aromatic heterocycles. The lowest BCUT2D eigenvalue weighted by atomic mass is 10.2. The van der Waals surface area contributed by atoms with Gasteiger partial charge in [0.05, 0.1) is 6.61 Å². The molecule has 0 heterocycles. The van der Waals surface area contributed by atoms with Crippen molar-refractivity contribution in [2.24, 2.45) is 0 Å². The van der Waals surface area contributed by atoms with Gasteiger partial charge in [0.25, 0.3) is 0 Å². The zero-order chi connectivity index (χ0) is 11.7. The van der Waals surface area contributed by atoms with Crippen molar-refractivity contribution >= 4 is 11.9 Å². The van der Waals surface area contributed by atoms with Gasteiger partial charge in [-0.25, -0.2) is 4.79 Å². The fraction of sp³-hybridized carbons (Fsp3) is 0.778. The Morgan fingerprint density at radius 3 is 2.60 bits per heavy atom. The fourth-order valence-corrected chi connectivity index (χ4v) is 0.962. The number of aliphatic carboxylic acids is 1. The maximum Gasteiger partial charge on any atom is 0.326 e. The fourth-order valence-electron chi connectivity index (χ4n) is 0.962. The summed E-state index contributed by atoms with van der Waals surface area (Å²) in [7, 11) is 0. The summed E-state index contributed by atoms with van der Waals surface area (Å²) in [5, 5.41) is 19.5. The van der Waals surface area contributed by atoms with Gasteiger partial charge in [0, 0.05) is 26.1 Å². The van der Waals surface area contributed by atoms with Crippen molar-refractivity contribution in [3.63, 3.8) is 0 Å². The van der Waals surface area contributed by atoms with Gasteiger partial charge in [-0.1, -0.05) is 0 Å². The second kappa shape index (κ2) is 8.19. The molecular weight excluding hydrogens is 202 g/mol. The molecule has 0 aliphatic heterocycles. The van der Waals surface area contributed by atoms with E-state index in [9.17, 15) is 9.59 Å². The zero-order valence-corrected chi connectivity index (χ0v) is 8.73. The van der Waals surface area contributed by atoms with Crippen molar-refractivity contribution in [1.29, 1.82) is 0 Å². The predicted molar refractivity (Wildman–Crippen MR) is 52.4 cm³/mol. The van der Waals surface area contributed by atoms with Crippen molar-refractivity contribution in [3.8, 4) is 0 Å². The van der Waals surface area contributed by atoms with Crippen molar-refractivity contribution < 1.29 is 24.5 Å². The number of carboxylic acids is 1. The molecule has 15 heavy (non-hydrogen) atoms. The van der Waals surface area contributed by atoms with Crippen LogP contribution in [0.2, 0.25) is 0 Å². The van der Waals surface area contributed by atoms with Gasteiger partial charge >= 0.3 is 5.97 Å². The molecule has 0 radical (unpaired) electrons. The molecule has 0 spiro atoms. The number of hydrogen-bond donors (Lipinski definition) is 3. The van der Waals surface area contributed by atoms with E-state index in [1.165, 1.54) is 0 Å². The van der Waals surface area contributed by atoms with Crippen LogP contribution in [0.4, 0.5) is 0 Å². The number of ether oxygens (including phenoxy) is 1. The number of carbonyl (C=O) groups excluding carboxylic acids is 1. The molecule has 1 atom stereocenters. The molecule has 0 aromatic carbocycles. The zero-order valence-electron chi connectivity index (χ0n) is 8.73. The van der Waals surface area contributed by atoms with Gasteiger partial charge in [0.2, 0.25) is 5.91 Å². The first kappa shape index (κ1) is 13.9. The Hall–Kier alpha value is -1.14. The van der Waals surface area contributed by atoms with Gasteiger partial charge in [-0.05, 0) is 6.92 Å². The molecule has 3 N–H and O–H groups in total. The van der Waals surface area contributed by atoms with E-state index in [0.29, 0.717) is 6.61 Å². The molecule has 0 unspecified atom stereocenters. The van der Waals surface area contributed by atoms with E-state index in [-0.39, 0.29) is 32.0 Å². The number of hydrogen-bond acceptors (Lipinski definition) is 4. The predicted octanol–water partition coefficient (Wildman–Crippen LogP) is -0.635. The van der Waals surface area contributed by atoms with Crippen LogP contribution in [-0.4, -0.2) is 48.0 Å². The Morgan fingerprint density at radius 1 is 1.47 bits per heavy atom. The van der Waals surface area contributed by atoms with E-state index < -0.39 is 12.0 Å². The van der Waals surface area contributed by atoms with Crippen LogP contribution in [-0.2, 0) is 14.3 Å². The van der Waals surface area contributed by atoms with Crippen LogP contribution in [0.1, 0.15) is 19.8 Å². The quantitative estimate of drug-likeness (QED) is 0.472. The lowest BCUT2D eigenvalue weighted by Gasteiger charge is -2.12. The van der Waals surface area contributed by atoms with Crippen molar-refractivity contribution in [2.45, 2.75) is 25.8 Å². The van der Waals surface area contributed by atoms with Crippen molar-refractivity contribution in [3.05, 3.63) is 0 Å². The summed E-state index contributed by atoms with van der Waals surface area (Å²) in [4.78, 5) is 21.8. The number of nitrogens with one attached hydrogen (secondary N) is 1. The average molecular weight is 219 g/mol. The van der Waals surface area contributed by atoms with Crippen molar-refractivity contribution in [2.75, 3.05) is 19.8 Å². The van der Waals surface area contributed by atoms with Crippen LogP contribution in [0.15, 0.2) is 0 Å². The van der Waals surface area contributed by atoms with Crippen LogP contribution < -0.4 is 5.32 Å². The standard InChI is InChI=1S/C9H17NO5/c1-2-15-6-4-8(12)10-7(3-5-11)9(13)14/h7,11H,2-6H2,1H3,(H,10,12)(H,13,14)/t7-/m0/s1. The van der Waals surface area contributed by atoms with E-state index in [4.69, 9.17) is 14.9 Å². The molecule has 88 valence electrons. The Morgan fingerprint density at radius 2 is 2.13 bits per heavy atom. The third-order valence-electron chi connectivity index (χ3n) is 1.73. The van der Waals surface area contributed by atoms with Crippen molar-refractivity contribution in [1.82, 2.24) is 5.32 Å². The molecule has 0 aliphatic carbocycles. The van der Waals surface area contributed by atoms with Crippen LogP contribution in [0.5, 0.6) is 0 Å². The van der Waals surface area contributed by atoms with Gasteiger partial charge < -0.3 is 20.3 Å². The molecule has 0 bridgehead atoms. The second-order valence-electron chi connectivity index (χ2n) is 2.92. The Kier molecular flexibility index (Phi) is 7.57. The molecule has 6 nitrogen and oxygen atoms in total. The summed E-state index contributed by atoms with van der Waals surface area (Å²) in [5.74, 6) is -1.53. The summed E-state index contributed by atoms with van der Waals surface area (Å²) in [5.41, 5.74) is 0. The smallest absolute Gasteiger partial charge is 0.326 e. The topological polar surface area (TPSA) is 95.9 Å². The van der Waals surface area contributed by atoms with Gasteiger partial charge in [-0.2, -0.15) is 0 Å². The molecular formula is C9H17NO5. The first-order valence-electron chi connectivity index (χ1n) is 4.82. The van der Waals surface area contributed by atoms with Gasteiger partial charge in [-0.3, -0.25) is 4.79 Å². The minimum atomic E-state index is -1.14. The third-order valence-corrected chi connectivity index (χ3v) is 1.73. The highest BCUT2D eigenvalue weighted by atomic mass is 16.5. The van der Waals surface area contributed by atoms with Crippen LogP contribution >= 0.6 is 0 Å². The molecule has 0 saturated heterocycles. The van der Waals surface area contributed by atoms with E-state index in [2.05, 4.69) is 5.32 Å². The lowest BCUT2D eigenvalue weighted by Crippen LogP contribution is -2.41. The largest absolute Gasteiger partial charge is 0.480 e. The average Bonchev–Trinajstić information content (AvgIpc) is 2.17. The summed E-state index contributed by atoms with van der Waals surface area (Å²) in [6, 6.07) is -1.02. The summed E-state index contributed by atoms with van der Waals surface area (Å²) in [6.07, 6.45) is 0.138. The molecule has 6 heteroatoms. The Labute approximate surface area is 88.2 Å². The molecule has 0 aromatic rings. The summed E-state index contributed by atoms with van der Waals surface area (Å²) in [6.45, 7) is 2.33. The maximum atomic E-state index is 11.2. The van der Waals surface area contributed by atoms with E-state index in [1.807, 2.05) is 6.92 Å². The highest BCUT2D eigenvalue weighted by molar-refractivity contribution is 5.83. The van der Waals surface area contributed by atoms with Gasteiger partial charge in [-0.15, -0.1) is 0 Å². The summed E-state index contributed by atoms with van der Waals surface area (Å²) < 4.78 is 4.95. The molecule has 0 aliphatic rings. The Bertz CT molecular complexity index is 207. The van der Waals surface area contributed by atoms with Crippen LogP contribution in [0, 0.1) is 0 Å². The summed E-state index contributed by atoms with van der Waals surface area (Å²) >= 11 is 0. The maximum absolute atomic E-state index is 11.2. The van der Waals surface area contributed by atoms with Crippen LogP contribution in [0.3, 0.4) is 0 Å². The highest BCUT2D eigenvalue weighted by Crippen LogP contribution is 1.93. The van der Waals surface area contributed by atoms with Gasteiger partial charge in [0.15, 0.2) is 0 Å². The minimum absolute atomic E-state index is 0.00963. The van der Waals surface area contributed by atoms with E-state index >= 15 is 0 Å². The lowest BCUT2D eigenvalue weighted by molar-refractivity contribution is -0.142. The van der Waals surface area contributed by atoms with Gasteiger partial charge in [0.1, 0.15) is 6.04 Å². The third kappa shape index (κ3) is 6.87. The Balaban J connectivity index is 3.84. The van der Waals surface area contributed by atoms with Crippen LogP contribution in [0.25, 0.3) is 0 Å². The second-order valence-corrected chi connectivity index (χ2v) is 2.92. The molecule has 0 rings (SSSR count). The number of rotatable bonds is 8. The van der Waals surface area contributed by atoms with E-state index in [1.54, 1.807) is 0 Å². The van der Waals surface area contributed by atoms with E-state index in [0.717, 1.165) is 0 Å². The number of aliphatic hydroxyl groups excluding tert-OH is 1.